The van der Waals surface area contributed by atoms with E-state index in [9.17, 15) is 20.0 Å². The van der Waals surface area contributed by atoms with Crippen LogP contribution in [0, 0.1) is 10.1 Å². The van der Waals surface area contributed by atoms with Crippen LogP contribution in [0.2, 0.25) is 0 Å². The van der Waals surface area contributed by atoms with Crippen molar-refractivity contribution in [2.75, 3.05) is 6.54 Å². The van der Waals surface area contributed by atoms with E-state index >= 15 is 0 Å². The quantitative estimate of drug-likeness (QED) is 0.472. The molecule has 7 heteroatoms. The molecule has 150 valence electrons. The smallest absolute Gasteiger partial charge is 0.269 e. The van der Waals surface area contributed by atoms with Gasteiger partial charge >= 0.3 is 0 Å². The number of likely N-dealkylation sites (tertiary alicyclic amines) is 1. The Balaban J connectivity index is 1.63. The van der Waals surface area contributed by atoms with E-state index in [1.54, 1.807) is 30.3 Å². The number of piperidine rings is 1. The van der Waals surface area contributed by atoms with Crippen molar-refractivity contribution in [3.63, 3.8) is 0 Å². The maximum atomic E-state index is 12.8. The summed E-state index contributed by atoms with van der Waals surface area (Å²) >= 11 is 0. The molecule has 29 heavy (non-hydrogen) atoms. The van der Waals surface area contributed by atoms with Gasteiger partial charge < -0.3 is 9.84 Å². The SMILES string of the molecule is C[C@@H]1CCCCN1Cc1c(O)ccc2c1O/C(=C/c1ccc([N+](=O)[O-])cc1)C2=O. The molecule has 4 rings (SSSR count). The van der Waals surface area contributed by atoms with E-state index in [0.29, 0.717) is 35.0 Å². The number of aromatic hydroxyl groups is 1. The summed E-state index contributed by atoms with van der Waals surface area (Å²) in [5.74, 6) is 0.408. The van der Waals surface area contributed by atoms with Crippen LogP contribution in [0.1, 0.15) is 47.7 Å². The minimum Gasteiger partial charge on any atom is -0.507 e. The van der Waals surface area contributed by atoms with Crippen molar-refractivity contribution in [2.24, 2.45) is 0 Å². The fraction of sp³-hybridized carbons (Fsp3) is 0.318. The molecule has 2 aromatic carbocycles. The number of ether oxygens (including phenoxy) is 1. The number of nitro benzene ring substituents is 1. The lowest BCUT2D eigenvalue weighted by molar-refractivity contribution is -0.384. The highest BCUT2D eigenvalue weighted by Crippen LogP contribution is 2.40. The molecule has 2 aliphatic heterocycles. The van der Waals surface area contributed by atoms with Crippen LogP contribution < -0.4 is 4.74 Å². The lowest BCUT2D eigenvalue weighted by atomic mass is 10.0. The number of nitrogens with zero attached hydrogens (tertiary/aromatic N) is 2. The molecule has 1 fully saturated rings. The van der Waals surface area contributed by atoms with Crippen LogP contribution in [0.3, 0.4) is 0 Å². The molecule has 0 amide bonds. The van der Waals surface area contributed by atoms with Gasteiger partial charge in [-0.25, -0.2) is 0 Å². The van der Waals surface area contributed by atoms with Gasteiger partial charge in [0.1, 0.15) is 11.5 Å². The number of phenolic OH excluding ortho intramolecular Hbond substituents is 1. The molecule has 0 spiro atoms. The first kappa shape index (κ1) is 19.1. The van der Waals surface area contributed by atoms with Crippen molar-refractivity contribution >= 4 is 17.5 Å². The van der Waals surface area contributed by atoms with Crippen LogP contribution in [-0.4, -0.2) is 33.3 Å². The molecule has 1 N–H and O–H groups in total. The molecule has 0 saturated carbocycles. The zero-order valence-electron chi connectivity index (χ0n) is 16.1. The van der Waals surface area contributed by atoms with Crippen LogP contribution in [-0.2, 0) is 6.54 Å². The van der Waals surface area contributed by atoms with Gasteiger partial charge in [0.05, 0.1) is 16.1 Å². The Labute approximate surface area is 168 Å². The Morgan fingerprint density at radius 2 is 2.00 bits per heavy atom. The van der Waals surface area contributed by atoms with Gasteiger partial charge in [-0.1, -0.05) is 6.42 Å². The molecular weight excluding hydrogens is 372 g/mol. The number of allylic oxidation sites excluding steroid dienone is 1. The summed E-state index contributed by atoms with van der Waals surface area (Å²) in [6.07, 6.45) is 5.00. The van der Waals surface area contributed by atoms with Crippen molar-refractivity contribution in [1.29, 1.82) is 0 Å². The number of Topliss-reactive ketones (excluding diaryl/α,β-unsaturated/α-hetero) is 1. The van der Waals surface area contributed by atoms with E-state index in [1.807, 2.05) is 0 Å². The predicted molar refractivity (Wildman–Crippen MR) is 108 cm³/mol. The number of rotatable bonds is 4. The minimum atomic E-state index is -0.472. The predicted octanol–water partition coefficient (Wildman–Crippen LogP) is 4.29. The topological polar surface area (TPSA) is 92.9 Å². The van der Waals surface area contributed by atoms with Gasteiger partial charge in [0.15, 0.2) is 5.76 Å². The highest BCUT2D eigenvalue weighted by Gasteiger charge is 2.32. The second-order valence-corrected chi connectivity index (χ2v) is 7.54. The van der Waals surface area contributed by atoms with Crippen LogP contribution in [0.25, 0.3) is 6.08 Å². The number of nitro groups is 1. The highest BCUT2D eigenvalue weighted by molar-refractivity contribution is 6.15. The Morgan fingerprint density at radius 3 is 2.69 bits per heavy atom. The van der Waals surface area contributed by atoms with E-state index in [2.05, 4.69) is 11.8 Å². The molecule has 0 aromatic heterocycles. The zero-order chi connectivity index (χ0) is 20.5. The van der Waals surface area contributed by atoms with Gasteiger partial charge in [-0.05, 0) is 62.2 Å². The maximum Gasteiger partial charge on any atom is 0.269 e. The highest BCUT2D eigenvalue weighted by atomic mass is 16.6. The standard InChI is InChI=1S/C22H22N2O5/c1-14-4-2-3-11-23(14)13-18-19(25)10-9-17-21(26)20(29-22(17)18)12-15-5-7-16(8-6-15)24(27)28/h5-10,12,14,25H,2-4,11,13H2,1H3/b20-12+/t14-/m1/s1. The van der Waals surface area contributed by atoms with Crippen molar-refractivity contribution in [1.82, 2.24) is 4.90 Å². The summed E-state index contributed by atoms with van der Waals surface area (Å²) < 4.78 is 5.88. The van der Waals surface area contributed by atoms with E-state index in [-0.39, 0.29) is 23.0 Å². The van der Waals surface area contributed by atoms with Crippen LogP contribution in [0.5, 0.6) is 11.5 Å². The van der Waals surface area contributed by atoms with E-state index in [4.69, 9.17) is 4.74 Å². The number of fused-ring (bicyclic) bond motifs is 1. The monoisotopic (exact) mass is 394 g/mol. The Morgan fingerprint density at radius 1 is 1.24 bits per heavy atom. The van der Waals surface area contributed by atoms with E-state index < -0.39 is 4.92 Å². The van der Waals surface area contributed by atoms with Gasteiger partial charge in [0, 0.05) is 24.7 Å². The number of hydrogen-bond donors (Lipinski definition) is 1. The summed E-state index contributed by atoms with van der Waals surface area (Å²) in [6.45, 7) is 3.64. The van der Waals surface area contributed by atoms with Crippen molar-refractivity contribution in [3.8, 4) is 11.5 Å². The van der Waals surface area contributed by atoms with E-state index in [1.165, 1.54) is 18.6 Å². The fourth-order valence-electron chi connectivity index (χ4n) is 3.89. The van der Waals surface area contributed by atoms with Gasteiger partial charge in [0.2, 0.25) is 5.78 Å². The normalized spacial score (nSPS) is 20.5. The van der Waals surface area contributed by atoms with Gasteiger partial charge in [-0.2, -0.15) is 0 Å². The molecule has 0 unspecified atom stereocenters. The summed E-state index contributed by atoms with van der Waals surface area (Å²) in [5, 5.41) is 21.2. The molecule has 1 saturated heterocycles. The Hall–Kier alpha value is -3.19. The molecule has 2 heterocycles. The van der Waals surface area contributed by atoms with Gasteiger partial charge in [-0.15, -0.1) is 0 Å². The number of non-ortho nitro benzene ring substituents is 1. The summed E-state index contributed by atoms with van der Waals surface area (Å²) in [6, 6.07) is 9.43. The van der Waals surface area contributed by atoms with E-state index in [0.717, 1.165) is 19.4 Å². The number of carbonyl (C=O) groups is 1. The molecule has 1 atom stereocenters. The van der Waals surface area contributed by atoms with Crippen LogP contribution >= 0.6 is 0 Å². The summed E-state index contributed by atoms with van der Waals surface area (Å²) in [5.41, 5.74) is 1.66. The number of ketones is 1. The summed E-state index contributed by atoms with van der Waals surface area (Å²) in [4.78, 5) is 25.4. The Bertz CT molecular complexity index is 997. The van der Waals surface area contributed by atoms with Crippen molar-refractivity contribution < 1.29 is 19.6 Å². The first-order chi connectivity index (χ1) is 13.9. The molecule has 0 aliphatic carbocycles. The lowest BCUT2D eigenvalue weighted by Crippen LogP contribution is -2.36. The molecule has 2 aliphatic rings. The van der Waals surface area contributed by atoms with Crippen molar-refractivity contribution in [3.05, 3.63) is 69.0 Å². The minimum absolute atomic E-state index is 0.0167. The molecule has 0 bridgehead atoms. The summed E-state index contributed by atoms with van der Waals surface area (Å²) in [7, 11) is 0. The first-order valence-corrected chi connectivity index (χ1v) is 9.71. The average Bonchev–Trinajstić information content (AvgIpc) is 3.02. The lowest BCUT2D eigenvalue weighted by Gasteiger charge is -2.33. The first-order valence-electron chi connectivity index (χ1n) is 9.71. The van der Waals surface area contributed by atoms with Crippen molar-refractivity contribution in [2.45, 2.75) is 38.8 Å². The second kappa shape index (κ2) is 7.67. The molecule has 7 nitrogen and oxygen atoms in total. The number of benzene rings is 2. The maximum absolute atomic E-state index is 12.8. The number of hydrogen-bond acceptors (Lipinski definition) is 6. The third-order valence-electron chi connectivity index (χ3n) is 5.62. The molecule has 2 aromatic rings. The van der Waals surface area contributed by atoms with Gasteiger partial charge in [0.25, 0.3) is 5.69 Å². The average molecular weight is 394 g/mol. The third-order valence-corrected chi connectivity index (χ3v) is 5.62. The van der Waals surface area contributed by atoms with Crippen LogP contribution in [0.15, 0.2) is 42.2 Å². The van der Waals surface area contributed by atoms with Crippen LogP contribution in [0.4, 0.5) is 5.69 Å². The van der Waals surface area contributed by atoms with Gasteiger partial charge in [-0.3, -0.25) is 19.8 Å². The fourth-order valence-corrected chi connectivity index (χ4v) is 3.89. The second-order valence-electron chi connectivity index (χ2n) is 7.54. The third kappa shape index (κ3) is 3.73. The zero-order valence-corrected chi connectivity index (χ0v) is 16.1. The Kier molecular flexibility index (Phi) is 5.07. The molecule has 0 radical (unpaired) electrons. The number of phenols is 1. The largest absolute Gasteiger partial charge is 0.507 e. The number of carbonyl (C=O) groups excluding carboxylic acids is 1. The molecular formula is C22H22N2O5.